The van der Waals surface area contributed by atoms with Gasteiger partial charge in [0.15, 0.2) is 0 Å². The van der Waals surface area contributed by atoms with Gasteiger partial charge in [0.25, 0.3) is 0 Å². The Balaban J connectivity index is 2.90. The molecule has 1 aromatic carbocycles. The van der Waals surface area contributed by atoms with E-state index in [-0.39, 0.29) is 5.17 Å². The quantitative estimate of drug-likeness (QED) is 0.600. The topological polar surface area (TPSA) is 23.9 Å². The molecule has 0 heterocycles. The van der Waals surface area contributed by atoms with E-state index in [0.717, 1.165) is 16.9 Å². The number of thioether (sulfide) groups is 1. The zero-order valence-electron chi connectivity index (χ0n) is 8.88. The Labute approximate surface area is 100 Å². The summed E-state index contributed by atoms with van der Waals surface area (Å²) in [5.74, 6) is 0. The molecule has 1 rings (SSSR count). The third kappa shape index (κ3) is 3.73. The lowest BCUT2D eigenvalue weighted by molar-refractivity contribution is 1.11. The van der Waals surface area contributed by atoms with Crippen molar-refractivity contribution in [2.75, 3.05) is 0 Å². The first kappa shape index (κ1) is 12.3. The highest BCUT2D eigenvalue weighted by atomic mass is 35.5. The van der Waals surface area contributed by atoms with Gasteiger partial charge in [-0.1, -0.05) is 54.1 Å². The highest BCUT2D eigenvalue weighted by Gasteiger charge is 2.03. The Bertz CT molecular complexity index is 385. The average Bonchev–Trinajstić information content (AvgIpc) is 2.26. The molecule has 0 fully saturated rings. The molecular formula is C12H14ClNS. The minimum absolute atomic E-state index is 0.0978. The summed E-state index contributed by atoms with van der Waals surface area (Å²) < 4.78 is 0. The first-order valence-corrected chi connectivity index (χ1v) is 6.06. The smallest absolute Gasteiger partial charge is 0.129 e. The van der Waals surface area contributed by atoms with Gasteiger partial charge in [-0.05, 0) is 24.8 Å². The molecule has 0 aromatic heterocycles. The molecule has 0 atom stereocenters. The van der Waals surface area contributed by atoms with Gasteiger partial charge in [0.1, 0.15) is 5.17 Å². The molecular weight excluding hydrogens is 226 g/mol. The van der Waals surface area contributed by atoms with Crippen LogP contribution in [0.15, 0.2) is 40.1 Å². The third-order valence-electron chi connectivity index (χ3n) is 2.07. The number of hydrogen-bond donors (Lipinski definition) is 1. The van der Waals surface area contributed by atoms with E-state index in [0.29, 0.717) is 0 Å². The summed E-state index contributed by atoms with van der Waals surface area (Å²) in [5.41, 5.74) is 2.13. The van der Waals surface area contributed by atoms with Crippen molar-refractivity contribution in [3.63, 3.8) is 0 Å². The summed E-state index contributed by atoms with van der Waals surface area (Å²) in [7, 11) is 0. The van der Waals surface area contributed by atoms with Crippen LogP contribution in [0.1, 0.15) is 25.8 Å². The van der Waals surface area contributed by atoms with Crippen molar-refractivity contribution in [1.82, 2.24) is 0 Å². The molecule has 0 saturated heterocycles. The predicted octanol–water partition coefficient (Wildman–Crippen LogP) is 4.66. The zero-order valence-corrected chi connectivity index (χ0v) is 10.5. The first-order valence-electron chi connectivity index (χ1n) is 4.81. The first-order chi connectivity index (χ1) is 7.15. The molecule has 1 aromatic rings. The minimum Gasteiger partial charge on any atom is -0.289 e. The lowest BCUT2D eigenvalue weighted by Gasteiger charge is -2.04. The van der Waals surface area contributed by atoms with Gasteiger partial charge >= 0.3 is 0 Å². The number of allylic oxidation sites excluding steroid dienone is 1. The Morgan fingerprint density at radius 1 is 1.47 bits per heavy atom. The molecule has 3 heteroatoms. The molecule has 1 nitrogen and oxygen atoms in total. The highest BCUT2D eigenvalue weighted by Crippen LogP contribution is 2.26. The standard InChI is InChI=1S/C12H14ClNS/c1-3-9(2)8-15-11-7-5-4-6-10(11)12(13)14/h4-8,14H,3H2,1-2H3/b9-8+,14-12?. The second-order valence-electron chi connectivity index (χ2n) is 3.25. The van der Waals surface area contributed by atoms with Crippen molar-refractivity contribution in [3.8, 4) is 0 Å². The van der Waals surface area contributed by atoms with E-state index in [1.165, 1.54) is 5.57 Å². The SMILES string of the molecule is CC/C(C)=C/Sc1ccccc1C(=N)Cl. The van der Waals surface area contributed by atoms with Crippen molar-refractivity contribution in [2.45, 2.75) is 25.2 Å². The molecule has 0 aliphatic heterocycles. The summed E-state index contributed by atoms with van der Waals surface area (Å²) in [6, 6.07) is 7.70. The fourth-order valence-corrected chi connectivity index (χ4v) is 2.17. The molecule has 0 aliphatic rings. The lowest BCUT2D eigenvalue weighted by atomic mass is 10.2. The fraction of sp³-hybridized carbons (Fsp3) is 0.250. The Hall–Kier alpha value is -0.730. The van der Waals surface area contributed by atoms with Crippen LogP contribution in [0.4, 0.5) is 0 Å². The highest BCUT2D eigenvalue weighted by molar-refractivity contribution is 8.02. The summed E-state index contributed by atoms with van der Waals surface area (Å²) in [6.45, 7) is 4.23. The molecule has 0 amide bonds. The van der Waals surface area contributed by atoms with E-state index in [2.05, 4.69) is 19.3 Å². The van der Waals surface area contributed by atoms with Crippen LogP contribution in [0, 0.1) is 5.41 Å². The van der Waals surface area contributed by atoms with E-state index in [1.54, 1.807) is 11.8 Å². The number of rotatable bonds is 4. The number of halogens is 1. The monoisotopic (exact) mass is 239 g/mol. The number of nitrogens with one attached hydrogen (secondary N) is 1. The second kappa shape index (κ2) is 5.99. The molecule has 0 spiro atoms. The number of hydrogen-bond acceptors (Lipinski definition) is 2. The van der Waals surface area contributed by atoms with E-state index in [9.17, 15) is 0 Å². The fourth-order valence-electron chi connectivity index (χ4n) is 0.998. The van der Waals surface area contributed by atoms with Gasteiger partial charge in [-0.25, -0.2) is 0 Å². The number of benzene rings is 1. The van der Waals surface area contributed by atoms with Crippen LogP contribution in [-0.2, 0) is 0 Å². The average molecular weight is 240 g/mol. The zero-order chi connectivity index (χ0) is 11.3. The van der Waals surface area contributed by atoms with Gasteiger partial charge in [-0.15, -0.1) is 0 Å². The molecule has 0 radical (unpaired) electrons. The van der Waals surface area contributed by atoms with Gasteiger partial charge in [0.05, 0.1) is 0 Å². The maximum absolute atomic E-state index is 7.44. The Kier molecular flexibility index (Phi) is 4.92. The minimum atomic E-state index is 0.0978. The van der Waals surface area contributed by atoms with E-state index in [4.69, 9.17) is 17.0 Å². The van der Waals surface area contributed by atoms with Crippen molar-refractivity contribution >= 4 is 28.5 Å². The summed E-state index contributed by atoms with van der Waals surface area (Å²) in [5, 5.41) is 9.65. The van der Waals surface area contributed by atoms with Crippen LogP contribution in [0.2, 0.25) is 0 Å². The maximum Gasteiger partial charge on any atom is 0.129 e. The van der Waals surface area contributed by atoms with Crippen LogP contribution in [0.3, 0.4) is 0 Å². The van der Waals surface area contributed by atoms with Crippen molar-refractivity contribution in [1.29, 1.82) is 5.41 Å². The largest absolute Gasteiger partial charge is 0.289 e. The van der Waals surface area contributed by atoms with Gasteiger partial charge in [0.2, 0.25) is 0 Å². The molecule has 0 aliphatic carbocycles. The van der Waals surface area contributed by atoms with Gasteiger partial charge in [-0.2, -0.15) is 0 Å². The Morgan fingerprint density at radius 2 is 2.13 bits per heavy atom. The van der Waals surface area contributed by atoms with Gasteiger partial charge < -0.3 is 0 Å². The van der Waals surface area contributed by atoms with Crippen LogP contribution in [0.5, 0.6) is 0 Å². The van der Waals surface area contributed by atoms with Crippen LogP contribution < -0.4 is 0 Å². The molecule has 1 N–H and O–H groups in total. The van der Waals surface area contributed by atoms with Crippen LogP contribution >= 0.6 is 23.4 Å². The lowest BCUT2D eigenvalue weighted by Crippen LogP contribution is -1.90. The molecule has 80 valence electrons. The van der Waals surface area contributed by atoms with Crippen molar-refractivity contribution in [2.24, 2.45) is 0 Å². The summed E-state index contributed by atoms with van der Waals surface area (Å²) >= 11 is 7.33. The predicted molar refractivity (Wildman–Crippen MR) is 69.0 cm³/mol. The Morgan fingerprint density at radius 3 is 2.73 bits per heavy atom. The summed E-state index contributed by atoms with van der Waals surface area (Å²) in [6.07, 6.45) is 1.05. The molecule has 0 saturated carbocycles. The second-order valence-corrected chi connectivity index (χ2v) is 4.53. The molecule has 0 unspecified atom stereocenters. The van der Waals surface area contributed by atoms with Crippen molar-refractivity contribution < 1.29 is 0 Å². The normalized spacial score (nSPS) is 11.5. The summed E-state index contributed by atoms with van der Waals surface area (Å²) in [4.78, 5) is 1.03. The third-order valence-corrected chi connectivity index (χ3v) is 3.40. The van der Waals surface area contributed by atoms with E-state index < -0.39 is 0 Å². The van der Waals surface area contributed by atoms with E-state index >= 15 is 0 Å². The van der Waals surface area contributed by atoms with E-state index in [1.807, 2.05) is 24.3 Å². The van der Waals surface area contributed by atoms with Gasteiger partial charge in [-0.3, -0.25) is 5.41 Å². The maximum atomic E-state index is 7.44. The van der Waals surface area contributed by atoms with Crippen LogP contribution in [-0.4, -0.2) is 5.17 Å². The van der Waals surface area contributed by atoms with Crippen LogP contribution in [0.25, 0.3) is 0 Å². The molecule has 0 bridgehead atoms. The van der Waals surface area contributed by atoms with Gasteiger partial charge in [0, 0.05) is 10.5 Å². The van der Waals surface area contributed by atoms with Crippen molar-refractivity contribution in [3.05, 3.63) is 40.8 Å². The molecule has 15 heavy (non-hydrogen) atoms.